The zero-order valence-corrected chi connectivity index (χ0v) is 13.5. The monoisotopic (exact) mass is 329 g/mol. The summed E-state index contributed by atoms with van der Waals surface area (Å²) in [4.78, 5) is 16.3. The lowest BCUT2D eigenvalue weighted by atomic mass is 10.2. The van der Waals surface area contributed by atoms with E-state index in [4.69, 9.17) is 9.26 Å². The summed E-state index contributed by atoms with van der Waals surface area (Å²) in [6, 6.07) is 7.81. The molecule has 0 amide bonds. The topological polar surface area (TPSA) is 70.2 Å². The highest BCUT2D eigenvalue weighted by Gasteiger charge is 2.19. The van der Waals surface area contributed by atoms with E-state index < -0.39 is 5.97 Å². The lowest BCUT2D eigenvalue weighted by molar-refractivity contribution is 0.0429. The molecule has 0 unspecified atom stereocenters. The van der Waals surface area contributed by atoms with Gasteiger partial charge in [-0.1, -0.05) is 5.16 Å². The third-order valence-electron chi connectivity index (χ3n) is 3.63. The zero-order valence-electron chi connectivity index (χ0n) is 13.5. The average Bonchev–Trinajstić information content (AvgIpc) is 3.09. The second-order valence-corrected chi connectivity index (χ2v) is 5.41. The summed E-state index contributed by atoms with van der Waals surface area (Å²) in [5, 5.41) is 3.64. The van der Waals surface area contributed by atoms with Crippen molar-refractivity contribution in [3.05, 3.63) is 64.8 Å². The van der Waals surface area contributed by atoms with Gasteiger partial charge in [-0.25, -0.2) is 9.18 Å². The van der Waals surface area contributed by atoms with E-state index in [1.807, 2.05) is 18.4 Å². The first-order valence-electron chi connectivity index (χ1n) is 7.37. The number of hydrogen-bond donors (Lipinski definition) is 0. The number of hydrogen-bond acceptors (Lipinski definition) is 5. The van der Waals surface area contributed by atoms with Crippen molar-refractivity contribution in [2.24, 2.45) is 0 Å². The third kappa shape index (κ3) is 3.05. The molecule has 0 aliphatic heterocycles. The van der Waals surface area contributed by atoms with Crippen LogP contribution in [-0.2, 0) is 11.3 Å². The Kier molecular flexibility index (Phi) is 4.16. The van der Waals surface area contributed by atoms with Gasteiger partial charge < -0.3 is 13.8 Å². The van der Waals surface area contributed by atoms with E-state index >= 15 is 0 Å². The fraction of sp³-hybridized carbons (Fsp3) is 0.235. The molecule has 0 aliphatic carbocycles. The Labute approximate surface area is 137 Å². The van der Waals surface area contributed by atoms with Crippen molar-refractivity contribution in [2.45, 2.75) is 27.4 Å². The number of aryl methyl sites for hydroxylation is 2. The fourth-order valence-electron chi connectivity index (χ4n) is 2.56. The first-order valence-corrected chi connectivity index (χ1v) is 7.37. The molecule has 0 saturated carbocycles. The van der Waals surface area contributed by atoms with Crippen LogP contribution in [0.2, 0.25) is 0 Å². The second kappa shape index (κ2) is 6.27. The molecule has 3 aromatic rings. The molecule has 24 heavy (non-hydrogen) atoms. The van der Waals surface area contributed by atoms with Gasteiger partial charge >= 0.3 is 5.97 Å². The molecule has 124 valence electrons. The fourth-order valence-corrected chi connectivity index (χ4v) is 2.56. The molecular formula is C17H16FN3O3. The van der Waals surface area contributed by atoms with Gasteiger partial charge in [-0.2, -0.15) is 4.98 Å². The highest BCUT2D eigenvalue weighted by molar-refractivity contribution is 5.91. The van der Waals surface area contributed by atoms with E-state index in [1.54, 1.807) is 25.1 Å². The SMILES string of the molecule is Cc1noc(COC(=O)c2cc(C)n(-c3ccc(F)cc3)c2C)n1. The maximum absolute atomic E-state index is 13.1. The minimum atomic E-state index is -0.479. The average molecular weight is 329 g/mol. The number of nitrogens with zero attached hydrogens (tertiary/aromatic N) is 3. The second-order valence-electron chi connectivity index (χ2n) is 5.41. The van der Waals surface area contributed by atoms with Crippen LogP contribution in [0, 0.1) is 26.6 Å². The van der Waals surface area contributed by atoms with Gasteiger partial charge in [-0.3, -0.25) is 0 Å². The Hall–Kier alpha value is -2.96. The third-order valence-corrected chi connectivity index (χ3v) is 3.63. The summed E-state index contributed by atoms with van der Waals surface area (Å²) in [5.41, 5.74) is 2.77. The van der Waals surface area contributed by atoms with Crippen molar-refractivity contribution in [3.8, 4) is 5.69 Å². The summed E-state index contributed by atoms with van der Waals surface area (Å²) in [6.45, 7) is 5.28. The molecule has 6 nitrogen and oxygen atoms in total. The van der Waals surface area contributed by atoms with Crippen LogP contribution in [-0.4, -0.2) is 20.7 Å². The minimum absolute atomic E-state index is 0.0834. The van der Waals surface area contributed by atoms with Crippen molar-refractivity contribution in [1.29, 1.82) is 0 Å². The summed E-state index contributed by atoms with van der Waals surface area (Å²) < 4.78 is 25.1. The van der Waals surface area contributed by atoms with E-state index in [0.29, 0.717) is 17.1 Å². The van der Waals surface area contributed by atoms with Crippen LogP contribution in [0.3, 0.4) is 0 Å². The summed E-state index contributed by atoms with van der Waals surface area (Å²) >= 11 is 0. The predicted octanol–water partition coefficient (Wildman–Crippen LogP) is 3.28. The smallest absolute Gasteiger partial charge is 0.340 e. The molecule has 0 radical (unpaired) electrons. The lowest BCUT2D eigenvalue weighted by Crippen LogP contribution is -2.07. The van der Waals surface area contributed by atoms with Gasteiger partial charge in [0, 0.05) is 17.1 Å². The molecule has 0 bridgehead atoms. The quantitative estimate of drug-likeness (QED) is 0.687. The Bertz CT molecular complexity index is 881. The standard InChI is InChI=1S/C17H16FN3O3/c1-10-8-15(17(22)23-9-16-19-12(3)20-24-16)11(2)21(10)14-6-4-13(18)5-7-14/h4-8H,9H2,1-3H3. The van der Waals surface area contributed by atoms with Crippen LogP contribution < -0.4 is 0 Å². The predicted molar refractivity (Wildman–Crippen MR) is 83.4 cm³/mol. The van der Waals surface area contributed by atoms with E-state index in [1.165, 1.54) is 12.1 Å². The first kappa shape index (κ1) is 15.9. The van der Waals surface area contributed by atoms with Crippen molar-refractivity contribution < 1.29 is 18.4 Å². The number of carbonyl (C=O) groups is 1. The highest BCUT2D eigenvalue weighted by atomic mass is 19.1. The molecule has 2 heterocycles. The van der Waals surface area contributed by atoms with E-state index in [-0.39, 0.29) is 18.3 Å². The van der Waals surface area contributed by atoms with Gasteiger partial charge in [0.25, 0.3) is 5.89 Å². The number of halogens is 1. The van der Waals surface area contributed by atoms with Gasteiger partial charge in [0.05, 0.1) is 5.56 Å². The van der Waals surface area contributed by atoms with Gasteiger partial charge in [0.15, 0.2) is 12.4 Å². The maximum atomic E-state index is 13.1. The van der Waals surface area contributed by atoms with E-state index in [2.05, 4.69) is 10.1 Å². The molecule has 0 saturated heterocycles. The number of carbonyl (C=O) groups excluding carboxylic acids is 1. The number of esters is 1. The first-order chi connectivity index (χ1) is 11.5. The number of aromatic nitrogens is 3. The molecule has 7 heteroatoms. The van der Waals surface area contributed by atoms with Gasteiger partial charge in [0.2, 0.25) is 0 Å². The van der Waals surface area contributed by atoms with Gasteiger partial charge in [-0.15, -0.1) is 0 Å². The Morgan fingerprint density at radius 2 is 1.96 bits per heavy atom. The maximum Gasteiger partial charge on any atom is 0.340 e. The van der Waals surface area contributed by atoms with Crippen LogP contribution in [0.15, 0.2) is 34.9 Å². The van der Waals surface area contributed by atoms with Crippen molar-refractivity contribution in [3.63, 3.8) is 0 Å². The number of benzene rings is 1. The molecular weight excluding hydrogens is 313 g/mol. The van der Waals surface area contributed by atoms with Crippen LogP contribution in [0.25, 0.3) is 5.69 Å². The zero-order chi connectivity index (χ0) is 17.3. The van der Waals surface area contributed by atoms with E-state index in [0.717, 1.165) is 11.4 Å². The summed E-state index contributed by atoms with van der Waals surface area (Å²) in [6.07, 6.45) is 0. The van der Waals surface area contributed by atoms with Crippen LogP contribution in [0.1, 0.15) is 33.5 Å². The van der Waals surface area contributed by atoms with Crippen molar-refractivity contribution >= 4 is 5.97 Å². The van der Waals surface area contributed by atoms with Crippen molar-refractivity contribution in [1.82, 2.24) is 14.7 Å². The number of rotatable bonds is 4. The number of ether oxygens (including phenoxy) is 1. The minimum Gasteiger partial charge on any atom is -0.452 e. The normalized spacial score (nSPS) is 10.8. The summed E-state index contributed by atoms with van der Waals surface area (Å²) in [7, 11) is 0. The Balaban J connectivity index is 1.82. The van der Waals surface area contributed by atoms with Crippen molar-refractivity contribution in [2.75, 3.05) is 0 Å². The largest absolute Gasteiger partial charge is 0.452 e. The van der Waals surface area contributed by atoms with Gasteiger partial charge in [0.1, 0.15) is 5.82 Å². The molecule has 0 fully saturated rings. The Morgan fingerprint density at radius 1 is 1.25 bits per heavy atom. The van der Waals surface area contributed by atoms with Gasteiger partial charge in [-0.05, 0) is 51.1 Å². The summed E-state index contributed by atoms with van der Waals surface area (Å²) in [5.74, 6) is -0.0632. The highest BCUT2D eigenvalue weighted by Crippen LogP contribution is 2.22. The Morgan fingerprint density at radius 3 is 2.58 bits per heavy atom. The molecule has 2 aromatic heterocycles. The van der Waals surface area contributed by atoms with Crippen LogP contribution >= 0.6 is 0 Å². The molecule has 0 spiro atoms. The molecule has 1 aromatic carbocycles. The molecule has 0 N–H and O–H groups in total. The van der Waals surface area contributed by atoms with E-state index in [9.17, 15) is 9.18 Å². The molecule has 0 atom stereocenters. The lowest BCUT2D eigenvalue weighted by Gasteiger charge is -2.09. The van der Waals surface area contributed by atoms with Crippen LogP contribution in [0.5, 0.6) is 0 Å². The molecule has 3 rings (SSSR count). The molecule has 0 aliphatic rings. The van der Waals surface area contributed by atoms with Crippen LogP contribution in [0.4, 0.5) is 4.39 Å².